The lowest BCUT2D eigenvalue weighted by atomic mass is 9.87. The van der Waals surface area contributed by atoms with Crippen LogP contribution in [-0.4, -0.2) is 40.3 Å². The molecule has 6 aromatic carbocycles. The predicted octanol–water partition coefficient (Wildman–Crippen LogP) is 13.7. The van der Waals surface area contributed by atoms with Gasteiger partial charge in [-0.1, -0.05) is 120 Å². The van der Waals surface area contributed by atoms with Crippen LogP contribution in [0.25, 0.3) is 126 Å². The van der Waals surface area contributed by atoms with Crippen LogP contribution in [0.4, 0.5) is 0 Å². The van der Waals surface area contributed by atoms with Crippen LogP contribution in [0.2, 0.25) is 0 Å². The quantitative estimate of drug-likeness (QED) is 0.152. The summed E-state index contributed by atoms with van der Waals surface area (Å²) in [5.41, 5.74) is 11.5. The molecule has 1 aliphatic rings. The van der Waals surface area contributed by atoms with Crippen LogP contribution < -0.4 is 0 Å². The molecule has 10 heteroatoms. The highest BCUT2D eigenvalue weighted by molar-refractivity contribution is 7.18. The Kier molecular flexibility index (Phi) is 8.53. The Morgan fingerprint density at radius 2 is 0.844 bits per heavy atom. The van der Waals surface area contributed by atoms with Crippen molar-refractivity contribution >= 4 is 82.9 Å². The molecule has 12 aromatic rings. The third kappa shape index (κ3) is 6.18. The van der Waals surface area contributed by atoms with Crippen molar-refractivity contribution in [3.05, 3.63) is 175 Å². The molecule has 8 nitrogen and oxygen atoms in total. The summed E-state index contributed by atoms with van der Waals surface area (Å²) >= 11 is 2.99. The van der Waals surface area contributed by atoms with Gasteiger partial charge >= 0.3 is 0 Å². The van der Waals surface area contributed by atoms with Gasteiger partial charge < -0.3 is 0 Å². The van der Waals surface area contributed by atoms with Crippen molar-refractivity contribution < 1.29 is 0 Å². The Hall–Kier alpha value is -7.92. The van der Waals surface area contributed by atoms with Crippen molar-refractivity contribution in [2.75, 3.05) is 0 Å². The molecule has 64 heavy (non-hydrogen) atoms. The maximum absolute atomic E-state index is 5.14. The zero-order valence-electron chi connectivity index (χ0n) is 34.0. The van der Waals surface area contributed by atoms with Gasteiger partial charge in [-0.05, 0) is 129 Å². The summed E-state index contributed by atoms with van der Waals surface area (Å²) in [4.78, 5) is 20.3. The Bertz CT molecular complexity index is 3890. The highest BCUT2D eigenvalue weighted by atomic mass is 32.1. The predicted molar refractivity (Wildman–Crippen MR) is 262 cm³/mol. The fraction of sp³-hybridized carbons (Fsp3) is 0.0370. The zero-order chi connectivity index (χ0) is 42.1. The molecule has 0 bridgehead atoms. The molecule has 0 radical (unpaired) electrons. The number of benzene rings is 6. The summed E-state index contributed by atoms with van der Waals surface area (Å²) in [6.07, 6.45) is 6.55. The lowest BCUT2D eigenvalue weighted by molar-refractivity contribution is 0.990. The molecule has 6 aromatic heterocycles. The SMILES string of the molecule is C1=Cc2c(c(-c3cccc(-c4nnc(-c5ccc6c(ccc7nc(-c8nnc(-c9cccc(-c%10cc%11ccccc%11c%11ccccc%10%11)n9)s8)ccc76)n5)s4)n3)cc3ccccc23)CC1. The van der Waals surface area contributed by atoms with Gasteiger partial charge in [-0.3, -0.25) is 0 Å². The number of hydrogen-bond acceptors (Lipinski definition) is 10. The van der Waals surface area contributed by atoms with Crippen molar-refractivity contribution in [3.63, 3.8) is 0 Å². The maximum Gasteiger partial charge on any atom is 0.166 e. The molecule has 0 aliphatic heterocycles. The van der Waals surface area contributed by atoms with E-state index < -0.39 is 0 Å². The van der Waals surface area contributed by atoms with Gasteiger partial charge in [0, 0.05) is 21.9 Å². The average Bonchev–Trinajstić information content (AvgIpc) is 4.08. The number of rotatable bonds is 6. The maximum atomic E-state index is 5.14. The Morgan fingerprint density at radius 3 is 1.47 bits per heavy atom. The van der Waals surface area contributed by atoms with E-state index in [0.717, 1.165) is 94.4 Å². The number of fused-ring (bicyclic) bond motifs is 9. The Labute approximate surface area is 374 Å². The van der Waals surface area contributed by atoms with Gasteiger partial charge in [0.05, 0.1) is 22.4 Å². The van der Waals surface area contributed by atoms with Crippen molar-refractivity contribution in [2.24, 2.45) is 0 Å². The fourth-order valence-corrected chi connectivity index (χ4v) is 10.7. The van der Waals surface area contributed by atoms with Crippen molar-refractivity contribution in [2.45, 2.75) is 12.8 Å². The van der Waals surface area contributed by atoms with Gasteiger partial charge in [0.15, 0.2) is 20.0 Å². The molecule has 300 valence electrons. The first-order valence-electron chi connectivity index (χ1n) is 21.1. The van der Waals surface area contributed by atoms with E-state index in [1.807, 2.05) is 42.5 Å². The van der Waals surface area contributed by atoms with E-state index in [9.17, 15) is 0 Å². The van der Waals surface area contributed by atoms with Gasteiger partial charge in [-0.25, -0.2) is 19.9 Å². The third-order valence-electron chi connectivity index (χ3n) is 12.1. The molecule has 0 saturated heterocycles. The Morgan fingerprint density at radius 1 is 0.359 bits per heavy atom. The molecular formula is C54H32N8S2. The van der Waals surface area contributed by atoms with E-state index in [2.05, 4.69) is 148 Å². The number of nitrogens with zero attached hydrogens (tertiary/aromatic N) is 8. The third-order valence-corrected chi connectivity index (χ3v) is 14.1. The lowest BCUT2D eigenvalue weighted by Crippen LogP contribution is -2.00. The minimum atomic E-state index is 0.731. The second kappa shape index (κ2) is 14.9. The van der Waals surface area contributed by atoms with Crippen LogP contribution >= 0.6 is 22.7 Å². The van der Waals surface area contributed by atoms with Crippen LogP contribution in [0.3, 0.4) is 0 Å². The molecule has 0 fully saturated rings. The molecule has 1 aliphatic carbocycles. The van der Waals surface area contributed by atoms with E-state index in [4.69, 9.17) is 19.9 Å². The highest BCUT2D eigenvalue weighted by Gasteiger charge is 2.19. The van der Waals surface area contributed by atoms with E-state index >= 15 is 0 Å². The molecule has 6 heterocycles. The topological polar surface area (TPSA) is 103 Å². The summed E-state index contributed by atoms with van der Waals surface area (Å²) in [5, 5.41) is 30.6. The van der Waals surface area contributed by atoms with Gasteiger partial charge in [0.2, 0.25) is 0 Å². The first kappa shape index (κ1) is 36.7. The molecule has 0 N–H and O–H groups in total. The highest BCUT2D eigenvalue weighted by Crippen LogP contribution is 2.39. The van der Waals surface area contributed by atoms with Gasteiger partial charge in [-0.15, -0.1) is 20.4 Å². The normalized spacial score (nSPS) is 12.5. The summed E-state index contributed by atoms with van der Waals surface area (Å²) in [7, 11) is 0. The molecule has 13 rings (SSSR count). The smallest absolute Gasteiger partial charge is 0.166 e. The minimum Gasteiger partial charge on any atom is -0.245 e. The van der Waals surface area contributed by atoms with Crippen molar-refractivity contribution in [1.29, 1.82) is 0 Å². The molecular weight excluding hydrogens is 825 g/mol. The van der Waals surface area contributed by atoms with E-state index in [0.29, 0.717) is 0 Å². The summed E-state index contributed by atoms with van der Waals surface area (Å²) < 4.78 is 0. The van der Waals surface area contributed by atoms with E-state index in [1.165, 1.54) is 71.7 Å². The summed E-state index contributed by atoms with van der Waals surface area (Å²) in [5.74, 6) is 0. The second-order valence-corrected chi connectivity index (χ2v) is 17.9. The van der Waals surface area contributed by atoms with Crippen LogP contribution in [0.1, 0.15) is 17.5 Å². The first-order chi connectivity index (χ1) is 31.7. The van der Waals surface area contributed by atoms with Crippen molar-refractivity contribution in [1.82, 2.24) is 40.3 Å². The summed E-state index contributed by atoms with van der Waals surface area (Å²) in [6, 6.07) is 54.6. The molecule has 0 amide bonds. The van der Waals surface area contributed by atoms with E-state index in [-0.39, 0.29) is 0 Å². The monoisotopic (exact) mass is 856 g/mol. The standard InChI is InChI=1S/C54H32N8S2/c1-3-13-33-31(11-1)29-41(37-17-7-5-15-35(33)37)43-19-9-21-47(55-43)51-59-61-53(63-51)49-25-23-39-40-24-26-50(58-46(40)28-27-45(39)57-49)54-62-60-52(64-54)48-22-10-20-44(56-48)42-30-32-12-2-4-14-34(32)36-16-6-8-18-38(36)42/h1-7,9-17,19-30H,8,18H2. The molecule has 0 unspecified atom stereocenters. The number of pyridine rings is 4. The van der Waals surface area contributed by atoms with Crippen LogP contribution in [-0.2, 0) is 6.42 Å². The van der Waals surface area contributed by atoms with Gasteiger partial charge in [-0.2, -0.15) is 0 Å². The fourth-order valence-electron chi connectivity index (χ4n) is 9.13. The van der Waals surface area contributed by atoms with Crippen LogP contribution in [0.15, 0.2) is 164 Å². The van der Waals surface area contributed by atoms with Crippen LogP contribution in [0, 0.1) is 0 Å². The largest absolute Gasteiger partial charge is 0.245 e. The number of aromatic nitrogens is 8. The lowest BCUT2D eigenvalue weighted by Gasteiger charge is -2.18. The molecule has 0 atom stereocenters. The number of allylic oxidation sites excluding steroid dienone is 1. The van der Waals surface area contributed by atoms with Crippen LogP contribution in [0.5, 0.6) is 0 Å². The second-order valence-electron chi connectivity index (χ2n) is 15.9. The van der Waals surface area contributed by atoms with Gasteiger partial charge in [0.1, 0.15) is 22.8 Å². The summed E-state index contributed by atoms with van der Waals surface area (Å²) in [6.45, 7) is 0. The molecule has 0 spiro atoms. The Balaban J connectivity index is 0.779. The first-order valence-corrected chi connectivity index (χ1v) is 22.8. The molecule has 0 saturated carbocycles. The van der Waals surface area contributed by atoms with Gasteiger partial charge in [0.25, 0.3) is 0 Å². The number of hydrogen-bond donors (Lipinski definition) is 0. The van der Waals surface area contributed by atoms with Crippen molar-refractivity contribution in [3.8, 4) is 65.3 Å². The minimum absolute atomic E-state index is 0.731. The average molecular weight is 857 g/mol. The zero-order valence-corrected chi connectivity index (χ0v) is 35.6. The van der Waals surface area contributed by atoms with E-state index in [1.54, 1.807) is 0 Å².